The second-order valence-corrected chi connectivity index (χ2v) is 6.76. The largest absolute Gasteiger partial charge is 0.348 e. The number of nitrogens with zero attached hydrogens (tertiary/aromatic N) is 2. The van der Waals surface area contributed by atoms with Crippen molar-refractivity contribution >= 4 is 26.7 Å². The minimum Gasteiger partial charge on any atom is -0.348 e. The minimum atomic E-state index is -0.0686. The predicted molar refractivity (Wildman–Crippen MR) is 90.2 cm³/mol. The first-order chi connectivity index (χ1) is 10.8. The van der Waals surface area contributed by atoms with E-state index in [0.29, 0.717) is 5.92 Å². The predicted octanol–water partition coefficient (Wildman–Crippen LogP) is 4.82. The second-order valence-electron chi connectivity index (χ2n) is 5.75. The number of halogens is 1. The fraction of sp³-hybridized carbons (Fsp3) is 0.278. The van der Waals surface area contributed by atoms with Gasteiger partial charge in [0, 0.05) is 13.1 Å². The number of aromatic nitrogens is 1. The Bertz CT molecular complexity index is 757. The van der Waals surface area contributed by atoms with Gasteiger partial charge in [0.15, 0.2) is 5.13 Å². The zero-order valence-corrected chi connectivity index (χ0v) is 13.0. The number of fused-ring (bicyclic) bond motifs is 1. The number of para-hydroxylation sites is 1. The van der Waals surface area contributed by atoms with Crippen LogP contribution in [0.3, 0.4) is 0 Å². The van der Waals surface area contributed by atoms with E-state index >= 15 is 0 Å². The number of anilines is 1. The van der Waals surface area contributed by atoms with E-state index in [2.05, 4.69) is 23.1 Å². The van der Waals surface area contributed by atoms with Crippen molar-refractivity contribution in [3.63, 3.8) is 0 Å². The van der Waals surface area contributed by atoms with Crippen LogP contribution in [-0.4, -0.2) is 18.1 Å². The normalized spacial score (nSPS) is 16.3. The Hall–Kier alpha value is -1.94. The molecule has 1 aliphatic heterocycles. The molecule has 3 aromatic rings. The molecule has 112 valence electrons. The average molecular weight is 312 g/mol. The summed E-state index contributed by atoms with van der Waals surface area (Å²) in [7, 11) is 0. The lowest BCUT2D eigenvalue weighted by Crippen LogP contribution is -2.32. The summed E-state index contributed by atoms with van der Waals surface area (Å²) in [6.07, 6.45) is 1.97. The summed E-state index contributed by atoms with van der Waals surface area (Å²) in [5.74, 6) is 0.257. The van der Waals surface area contributed by atoms with Crippen molar-refractivity contribution in [1.82, 2.24) is 4.98 Å². The third-order valence-electron chi connectivity index (χ3n) is 4.39. The minimum absolute atomic E-state index is 0.0686. The molecule has 1 aliphatic rings. The molecule has 0 radical (unpaired) electrons. The van der Waals surface area contributed by atoms with Crippen molar-refractivity contribution in [1.29, 1.82) is 0 Å². The third-order valence-corrected chi connectivity index (χ3v) is 5.49. The quantitative estimate of drug-likeness (QED) is 0.674. The van der Waals surface area contributed by atoms with Gasteiger partial charge < -0.3 is 4.90 Å². The Morgan fingerprint density at radius 2 is 1.73 bits per heavy atom. The van der Waals surface area contributed by atoms with Crippen molar-refractivity contribution in [2.24, 2.45) is 0 Å². The Kier molecular flexibility index (Phi) is 3.54. The highest BCUT2D eigenvalue weighted by Crippen LogP contribution is 2.34. The van der Waals surface area contributed by atoms with Crippen LogP contribution in [0.25, 0.3) is 10.2 Å². The third kappa shape index (κ3) is 2.48. The van der Waals surface area contributed by atoms with Gasteiger partial charge in [-0.05, 0) is 42.5 Å². The molecule has 1 saturated heterocycles. The molecule has 1 aromatic heterocycles. The maximum absolute atomic E-state index is 13.9. The second kappa shape index (κ2) is 5.69. The number of rotatable bonds is 2. The molecule has 4 heteroatoms. The fourth-order valence-electron chi connectivity index (χ4n) is 3.18. The summed E-state index contributed by atoms with van der Waals surface area (Å²) >= 11 is 1.74. The van der Waals surface area contributed by atoms with Crippen LogP contribution in [0.5, 0.6) is 0 Å². The molecule has 0 atom stereocenters. The van der Waals surface area contributed by atoms with Crippen molar-refractivity contribution in [2.45, 2.75) is 18.8 Å². The Labute approximate surface area is 133 Å². The van der Waals surface area contributed by atoms with E-state index < -0.39 is 0 Å². The van der Waals surface area contributed by atoms with Gasteiger partial charge in [-0.1, -0.05) is 41.7 Å². The van der Waals surface area contributed by atoms with Crippen molar-refractivity contribution in [2.75, 3.05) is 18.0 Å². The molecule has 0 saturated carbocycles. The topological polar surface area (TPSA) is 16.1 Å². The van der Waals surface area contributed by atoms with Gasteiger partial charge >= 0.3 is 0 Å². The Morgan fingerprint density at radius 1 is 1.00 bits per heavy atom. The van der Waals surface area contributed by atoms with Gasteiger partial charge in [0.2, 0.25) is 0 Å². The van der Waals surface area contributed by atoms with Gasteiger partial charge in [-0.3, -0.25) is 0 Å². The first-order valence-electron chi connectivity index (χ1n) is 7.66. The highest BCUT2D eigenvalue weighted by molar-refractivity contribution is 7.22. The van der Waals surface area contributed by atoms with Crippen LogP contribution in [0.1, 0.15) is 24.3 Å². The molecule has 0 aliphatic carbocycles. The maximum Gasteiger partial charge on any atom is 0.186 e. The number of benzene rings is 2. The van der Waals surface area contributed by atoms with Crippen LogP contribution in [0.2, 0.25) is 0 Å². The molecule has 0 N–H and O–H groups in total. The molecule has 0 spiro atoms. The van der Waals surface area contributed by atoms with Crippen LogP contribution in [-0.2, 0) is 0 Å². The molecule has 0 bridgehead atoms. The van der Waals surface area contributed by atoms with Crippen LogP contribution in [0, 0.1) is 5.82 Å². The summed E-state index contributed by atoms with van der Waals surface area (Å²) in [6.45, 7) is 1.89. The molecular formula is C18H17FN2S. The van der Waals surface area contributed by atoms with Gasteiger partial charge in [0.05, 0.1) is 10.2 Å². The van der Waals surface area contributed by atoms with E-state index in [9.17, 15) is 4.39 Å². The summed E-state index contributed by atoms with van der Waals surface area (Å²) in [5.41, 5.74) is 1.94. The zero-order chi connectivity index (χ0) is 14.9. The first-order valence-corrected chi connectivity index (χ1v) is 8.48. The molecule has 2 heterocycles. The van der Waals surface area contributed by atoms with E-state index in [4.69, 9.17) is 4.98 Å². The van der Waals surface area contributed by atoms with E-state index in [-0.39, 0.29) is 5.82 Å². The molecule has 2 aromatic carbocycles. The maximum atomic E-state index is 13.9. The SMILES string of the molecule is Fc1ccccc1C1CCN(c2nc3ccccc3s2)CC1. The van der Waals surface area contributed by atoms with Crippen molar-refractivity contribution < 1.29 is 4.39 Å². The van der Waals surface area contributed by atoms with Gasteiger partial charge in [-0.25, -0.2) is 9.37 Å². The monoisotopic (exact) mass is 312 g/mol. The summed E-state index contributed by atoms with van der Waals surface area (Å²) in [6, 6.07) is 15.4. The zero-order valence-electron chi connectivity index (χ0n) is 12.2. The molecule has 0 unspecified atom stereocenters. The average Bonchev–Trinajstić information content (AvgIpc) is 2.99. The smallest absolute Gasteiger partial charge is 0.186 e. The molecule has 4 rings (SSSR count). The highest BCUT2D eigenvalue weighted by Gasteiger charge is 2.24. The van der Waals surface area contributed by atoms with Crippen molar-refractivity contribution in [3.05, 3.63) is 59.9 Å². The lowest BCUT2D eigenvalue weighted by Gasteiger charge is -2.32. The number of thiazole rings is 1. The molecule has 22 heavy (non-hydrogen) atoms. The summed E-state index contributed by atoms with van der Waals surface area (Å²) in [5, 5.41) is 1.09. The van der Waals surface area contributed by atoms with Gasteiger partial charge in [0.25, 0.3) is 0 Å². The van der Waals surface area contributed by atoms with Crippen LogP contribution < -0.4 is 4.90 Å². The van der Waals surface area contributed by atoms with Crippen molar-refractivity contribution in [3.8, 4) is 0 Å². The molecule has 2 nitrogen and oxygen atoms in total. The highest BCUT2D eigenvalue weighted by atomic mass is 32.1. The number of hydrogen-bond acceptors (Lipinski definition) is 3. The van der Waals surface area contributed by atoms with E-state index in [0.717, 1.165) is 42.1 Å². The number of hydrogen-bond donors (Lipinski definition) is 0. The van der Waals surface area contributed by atoms with Gasteiger partial charge in [-0.2, -0.15) is 0 Å². The van der Waals surface area contributed by atoms with E-state index in [1.165, 1.54) is 4.70 Å². The number of piperidine rings is 1. The van der Waals surface area contributed by atoms with Crippen LogP contribution in [0.4, 0.5) is 9.52 Å². The molecular weight excluding hydrogens is 295 g/mol. The van der Waals surface area contributed by atoms with E-state index in [1.807, 2.05) is 18.2 Å². The van der Waals surface area contributed by atoms with E-state index in [1.54, 1.807) is 23.5 Å². The lowest BCUT2D eigenvalue weighted by atomic mass is 9.89. The Morgan fingerprint density at radius 3 is 2.50 bits per heavy atom. The van der Waals surface area contributed by atoms with Crippen LogP contribution >= 0.6 is 11.3 Å². The fourth-order valence-corrected chi connectivity index (χ4v) is 4.20. The van der Waals surface area contributed by atoms with Gasteiger partial charge in [-0.15, -0.1) is 0 Å². The van der Waals surface area contributed by atoms with Gasteiger partial charge in [0.1, 0.15) is 5.82 Å². The van der Waals surface area contributed by atoms with Crippen LogP contribution in [0.15, 0.2) is 48.5 Å². The molecule has 1 fully saturated rings. The first kappa shape index (κ1) is 13.7. The summed E-state index contributed by atoms with van der Waals surface area (Å²) in [4.78, 5) is 7.06. The molecule has 0 amide bonds. The Balaban J connectivity index is 1.51. The standard InChI is InChI=1S/C18H17FN2S/c19-15-6-2-1-5-14(15)13-9-11-21(12-10-13)18-20-16-7-3-4-8-17(16)22-18/h1-8,13H,9-12H2. The lowest BCUT2D eigenvalue weighted by molar-refractivity contribution is 0.481. The summed E-state index contributed by atoms with van der Waals surface area (Å²) < 4.78 is 15.1.